The summed E-state index contributed by atoms with van der Waals surface area (Å²) in [5.41, 5.74) is 6.95. The molecule has 2 N–H and O–H groups in total. The molecule has 0 amide bonds. The van der Waals surface area contributed by atoms with Gasteiger partial charge in [-0.1, -0.05) is 0 Å². The van der Waals surface area contributed by atoms with Gasteiger partial charge in [0.15, 0.2) is 0 Å². The fraction of sp³-hybridized carbons (Fsp3) is 0.333. The van der Waals surface area contributed by atoms with Gasteiger partial charge >= 0.3 is 5.97 Å². The largest absolute Gasteiger partial charge is 0.466 e. The summed E-state index contributed by atoms with van der Waals surface area (Å²) in [4.78, 5) is 15.1. The molecule has 1 aromatic rings. The third-order valence-electron chi connectivity index (χ3n) is 1.66. The molecule has 0 fully saturated rings. The number of nitrogens with two attached hydrogens (primary N) is 1. The molecule has 0 aromatic carbocycles. The second-order valence-electron chi connectivity index (χ2n) is 2.68. The molecule has 0 spiro atoms. The van der Waals surface area contributed by atoms with E-state index in [0.717, 1.165) is 0 Å². The predicted molar refractivity (Wildman–Crippen MR) is 56.7 cm³/mol. The van der Waals surface area contributed by atoms with E-state index in [9.17, 15) is 4.79 Å². The average Bonchev–Trinajstić information content (AvgIpc) is 2.13. The van der Waals surface area contributed by atoms with Crippen LogP contribution in [0.2, 0.25) is 0 Å². The van der Waals surface area contributed by atoms with E-state index in [4.69, 9.17) is 10.5 Å². The van der Waals surface area contributed by atoms with Crippen molar-refractivity contribution >= 4 is 27.6 Å². The van der Waals surface area contributed by atoms with E-state index in [1.807, 2.05) is 0 Å². The summed E-state index contributed by atoms with van der Waals surface area (Å²) >= 11 is 3.24. The summed E-state index contributed by atoms with van der Waals surface area (Å²) in [6, 6.07) is 0. The molecule has 0 aliphatic heterocycles. The molecule has 0 saturated carbocycles. The number of hydrogen-bond acceptors (Lipinski definition) is 4. The monoisotopic (exact) mass is 258 g/mol. The van der Waals surface area contributed by atoms with Crippen LogP contribution >= 0.6 is 15.9 Å². The number of anilines is 1. The molecular formula is C9H11BrN2O2. The Morgan fingerprint density at radius 2 is 2.36 bits per heavy atom. The Bertz CT molecular complexity index is 342. The second kappa shape index (κ2) is 4.95. The number of nitrogen functional groups attached to an aromatic ring is 1. The number of rotatable bonds is 3. The summed E-state index contributed by atoms with van der Waals surface area (Å²) in [7, 11) is 0. The number of aromatic nitrogens is 1. The molecular weight excluding hydrogens is 248 g/mol. The van der Waals surface area contributed by atoms with Gasteiger partial charge in [0.05, 0.1) is 23.2 Å². The molecule has 0 saturated heterocycles. The topological polar surface area (TPSA) is 65.2 Å². The van der Waals surface area contributed by atoms with E-state index >= 15 is 0 Å². The van der Waals surface area contributed by atoms with Crippen LogP contribution in [0, 0.1) is 0 Å². The van der Waals surface area contributed by atoms with Crippen molar-refractivity contribution in [3.8, 4) is 0 Å². The Morgan fingerprint density at radius 3 is 3.00 bits per heavy atom. The summed E-state index contributed by atoms with van der Waals surface area (Å²) in [5.74, 6) is -0.292. The van der Waals surface area contributed by atoms with Crippen molar-refractivity contribution in [2.24, 2.45) is 0 Å². The molecule has 0 unspecified atom stereocenters. The van der Waals surface area contributed by atoms with Gasteiger partial charge in [0.1, 0.15) is 0 Å². The molecule has 4 nitrogen and oxygen atoms in total. The Hall–Kier alpha value is -1.10. The minimum absolute atomic E-state index is 0.159. The van der Waals surface area contributed by atoms with Crippen molar-refractivity contribution in [3.63, 3.8) is 0 Å². The van der Waals surface area contributed by atoms with Crippen LogP contribution in [0.4, 0.5) is 5.69 Å². The lowest BCUT2D eigenvalue weighted by Gasteiger charge is -2.05. The van der Waals surface area contributed by atoms with Crippen molar-refractivity contribution in [1.29, 1.82) is 0 Å². The van der Waals surface area contributed by atoms with Gasteiger partial charge in [-0.05, 0) is 22.9 Å². The van der Waals surface area contributed by atoms with E-state index in [1.54, 1.807) is 19.3 Å². The fourth-order valence-corrected chi connectivity index (χ4v) is 1.37. The van der Waals surface area contributed by atoms with Crippen LogP contribution in [0.15, 0.2) is 16.9 Å². The fourth-order valence-electron chi connectivity index (χ4n) is 0.994. The lowest BCUT2D eigenvalue weighted by molar-refractivity contribution is -0.142. The molecule has 14 heavy (non-hydrogen) atoms. The van der Waals surface area contributed by atoms with E-state index in [2.05, 4.69) is 20.9 Å². The van der Waals surface area contributed by atoms with Crippen molar-refractivity contribution in [2.75, 3.05) is 12.3 Å². The van der Waals surface area contributed by atoms with Crippen molar-refractivity contribution in [3.05, 3.63) is 22.4 Å². The smallest absolute Gasteiger partial charge is 0.310 e. The minimum Gasteiger partial charge on any atom is -0.466 e. The van der Waals surface area contributed by atoms with Crippen molar-refractivity contribution in [1.82, 2.24) is 4.98 Å². The lowest BCUT2D eigenvalue weighted by Crippen LogP contribution is -2.09. The summed E-state index contributed by atoms with van der Waals surface area (Å²) in [6.07, 6.45) is 3.31. The maximum Gasteiger partial charge on any atom is 0.310 e. The first-order valence-electron chi connectivity index (χ1n) is 4.18. The summed E-state index contributed by atoms with van der Waals surface area (Å²) < 4.78 is 5.50. The maximum absolute atomic E-state index is 11.2. The number of pyridine rings is 1. The van der Waals surface area contributed by atoms with Crippen molar-refractivity contribution < 1.29 is 9.53 Å². The van der Waals surface area contributed by atoms with Crippen molar-refractivity contribution in [2.45, 2.75) is 13.3 Å². The van der Waals surface area contributed by atoms with Gasteiger partial charge in [-0.3, -0.25) is 9.78 Å². The number of nitrogens with zero attached hydrogens (tertiary/aromatic N) is 1. The number of esters is 1. The molecule has 1 aromatic heterocycles. The Morgan fingerprint density at radius 1 is 1.64 bits per heavy atom. The Labute approximate surface area is 90.6 Å². The zero-order valence-corrected chi connectivity index (χ0v) is 9.37. The van der Waals surface area contributed by atoms with Crippen LogP contribution in [0.5, 0.6) is 0 Å². The number of ether oxygens (including phenoxy) is 1. The second-order valence-corrected chi connectivity index (χ2v) is 3.53. The van der Waals surface area contributed by atoms with Gasteiger partial charge < -0.3 is 10.5 Å². The van der Waals surface area contributed by atoms with Crippen LogP contribution in [0.25, 0.3) is 0 Å². The standard InChI is InChI=1S/C9H11BrN2O2/c1-2-14-8(13)3-6-4-12-5-7(10)9(6)11/h4-5H,2-3H2,1H3,(H2,11,12). The highest BCUT2D eigenvalue weighted by molar-refractivity contribution is 9.10. The molecule has 76 valence electrons. The van der Waals surface area contributed by atoms with E-state index in [-0.39, 0.29) is 12.4 Å². The molecule has 0 atom stereocenters. The highest BCUT2D eigenvalue weighted by atomic mass is 79.9. The number of carbonyl (C=O) groups is 1. The first-order chi connectivity index (χ1) is 6.65. The Balaban J connectivity index is 2.76. The number of halogens is 1. The highest BCUT2D eigenvalue weighted by Gasteiger charge is 2.09. The molecule has 5 heteroatoms. The molecule has 1 rings (SSSR count). The zero-order valence-electron chi connectivity index (χ0n) is 7.79. The maximum atomic E-state index is 11.2. The minimum atomic E-state index is -0.292. The van der Waals surface area contributed by atoms with Gasteiger partial charge in [-0.15, -0.1) is 0 Å². The van der Waals surface area contributed by atoms with Crippen LogP contribution in [-0.2, 0) is 16.0 Å². The molecule has 1 heterocycles. The normalized spacial score (nSPS) is 9.86. The van der Waals surface area contributed by atoms with Gasteiger partial charge in [0.2, 0.25) is 0 Å². The third-order valence-corrected chi connectivity index (χ3v) is 2.29. The quantitative estimate of drug-likeness (QED) is 0.836. The summed E-state index contributed by atoms with van der Waals surface area (Å²) in [5, 5.41) is 0. The van der Waals surface area contributed by atoms with Crippen LogP contribution in [-0.4, -0.2) is 17.6 Å². The van der Waals surface area contributed by atoms with E-state index in [1.165, 1.54) is 0 Å². The van der Waals surface area contributed by atoms with Crippen LogP contribution in [0.1, 0.15) is 12.5 Å². The molecule has 0 aliphatic rings. The molecule has 0 bridgehead atoms. The van der Waals surface area contributed by atoms with Gasteiger partial charge in [0, 0.05) is 18.0 Å². The first kappa shape index (κ1) is 11.0. The Kier molecular flexibility index (Phi) is 3.88. The average molecular weight is 259 g/mol. The molecule has 0 aliphatic carbocycles. The van der Waals surface area contributed by atoms with E-state index < -0.39 is 0 Å². The van der Waals surface area contributed by atoms with Gasteiger partial charge in [-0.25, -0.2) is 0 Å². The summed E-state index contributed by atoms with van der Waals surface area (Å²) in [6.45, 7) is 2.14. The van der Waals surface area contributed by atoms with E-state index in [0.29, 0.717) is 22.3 Å². The first-order valence-corrected chi connectivity index (χ1v) is 4.98. The predicted octanol–water partition coefficient (Wildman–Crippen LogP) is 1.53. The SMILES string of the molecule is CCOC(=O)Cc1cncc(Br)c1N. The van der Waals surface area contributed by atoms with Gasteiger partial charge in [-0.2, -0.15) is 0 Å². The zero-order chi connectivity index (χ0) is 10.6. The van der Waals surface area contributed by atoms with Crippen LogP contribution < -0.4 is 5.73 Å². The molecule has 0 radical (unpaired) electrons. The van der Waals surface area contributed by atoms with Crippen LogP contribution in [0.3, 0.4) is 0 Å². The third kappa shape index (κ3) is 2.70. The number of hydrogen-bond donors (Lipinski definition) is 1. The lowest BCUT2D eigenvalue weighted by atomic mass is 10.2. The number of carbonyl (C=O) groups excluding carboxylic acids is 1. The highest BCUT2D eigenvalue weighted by Crippen LogP contribution is 2.21. The van der Waals surface area contributed by atoms with Gasteiger partial charge in [0.25, 0.3) is 0 Å².